The average Bonchev–Trinajstić information content (AvgIpc) is 2.64. The maximum atomic E-state index is 11.2. The van der Waals surface area contributed by atoms with Gasteiger partial charge in [0.05, 0.1) is 11.0 Å². The van der Waals surface area contributed by atoms with Crippen LogP contribution in [0.25, 0.3) is 0 Å². The molecule has 0 saturated heterocycles. The third-order valence-electron chi connectivity index (χ3n) is 2.89. The first-order valence-corrected chi connectivity index (χ1v) is 6.63. The van der Waals surface area contributed by atoms with E-state index in [1.165, 1.54) is 4.68 Å². The number of nitro groups is 1. The molecule has 0 saturated carbocycles. The number of rotatable bonds is 8. The molecule has 0 amide bonds. The molecular weight excluding hydrogens is 248 g/mol. The molecule has 108 valence electrons. The fraction of sp³-hybridized carbons (Fsp3) is 0.750. The van der Waals surface area contributed by atoms with Crippen LogP contribution in [0.4, 0.5) is 11.5 Å². The average molecular weight is 270 g/mol. The Balaban J connectivity index is 2.89. The molecule has 0 fully saturated rings. The number of aryl methyl sites for hydroxylation is 2. The zero-order valence-corrected chi connectivity index (χ0v) is 11.7. The van der Waals surface area contributed by atoms with Gasteiger partial charge in [-0.3, -0.25) is 10.1 Å². The smallest absolute Gasteiger partial charge is 0.333 e. The first-order valence-electron chi connectivity index (χ1n) is 6.63. The lowest BCUT2D eigenvalue weighted by Crippen LogP contribution is -2.20. The molecule has 0 aromatic carbocycles. The van der Waals surface area contributed by atoms with Gasteiger partial charge in [0.15, 0.2) is 0 Å². The largest absolute Gasteiger partial charge is 0.391 e. The summed E-state index contributed by atoms with van der Waals surface area (Å²) in [5, 5.41) is 27.9. The summed E-state index contributed by atoms with van der Waals surface area (Å²) in [4.78, 5) is 10.7. The minimum absolute atomic E-state index is 0.0213. The van der Waals surface area contributed by atoms with E-state index in [0.29, 0.717) is 30.9 Å². The minimum Gasteiger partial charge on any atom is -0.391 e. The van der Waals surface area contributed by atoms with Gasteiger partial charge in [0.25, 0.3) is 0 Å². The topological polar surface area (TPSA) is 93.2 Å². The van der Waals surface area contributed by atoms with Crippen molar-refractivity contribution < 1.29 is 10.0 Å². The molecule has 0 bridgehead atoms. The van der Waals surface area contributed by atoms with Crippen molar-refractivity contribution >= 4 is 11.5 Å². The van der Waals surface area contributed by atoms with E-state index in [4.69, 9.17) is 0 Å². The zero-order chi connectivity index (χ0) is 14.4. The molecule has 7 heteroatoms. The molecule has 0 radical (unpaired) electrons. The Bertz CT molecular complexity index is 431. The van der Waals surface area contributed by atoms with Crippen LogP contribution in [0.5, 0.6) is 0 Å². The van der Waals surface area contributed by atoms with Gasteiger partial charge in [-0.05, 0) is 12.8 Å². The number of hydrogen-bond donors (Lipinski definition) is 2. The molecule has 1 aromatic heterocycles. The van der Waals surface area contributed by atoms with Gasteiger partial charge in [-0.1, -0.05) is 26.7 Å². The summed E-state index contributed by atoms with van der Waals surface area (Å²) in [5.41, 5.74) is 0.510. The van der Waals surface area contributed by atoms with Gasteiger partial charge in [-0.25, -0.2) is 4.68 Å². The van der Waals surface area contributed by atoms with Gasteiger partial charge in [-0.2, -0.15) is 5.10 Å². The summed E-state index contributed by atoms with van der Waals surface area (Å²) < 4.78 is 1.47. The highest BCUT2D eigenvalue weighted by molar-refractivity contribution is 5.59. The lowest BCUT2D eigenvalue weighted by molar-refractivity contribution is -0.384. The zero-order valence-electron chi connectivity index (χ0n) is 11.7. The van der Waals surface area contributed by atoms with E-state index in [1.54, 1.807) is 7.05 Å². The molecule has 0 aliphatic rings. The second-order valence-corrected chi connectivity index (χ2v) is 4.60. The van der Waals surface area contributed by atoms with E-state index >= 15 is 0 Å². The Kier molecular flexibility index (Phi) is 5.75. The summed E-state index contributed by atoms with van der Waals surface area (Å²) in [6, 6.07) is 0. The maximum Gasteiger partial charge on any atom is 0.333 e. The van der Waals surface area contributed by atoms with E-state index in [9.17, 15) is 15.2 Å². The van der Waals surface area contributed by atoms with Crippen molar-refractivity contribution in [2.45, 2.75) is 45.6 Å². The van der Waals surface area contributed by atoms with Gasteiger partial charge >= 0.3 is 5.69 Å². The van der Waals surface area contributed by atoms with Gasteiger partial charge < -0.3 is 10.4 Å². The number of aromatic nitrogens is 2. The predicted octanol–water partition coefficient (Wildman–Crippen LogP) is 1.85. The summed E-state index contributed by atoms with van der Waals surface area (Å²) in [5.74, 6) is 0.364. The fourth-order valence-electron chi connectivity index (χ4n) is 2.01. The van der Waals surface area contributed by atoms with Crippen molar-refractivity contribution in [3.8, 4) is 0 Å². The van der Waals surface area contributed by atoms with E-state index in [1.807, 2.05) is 13.8 Å². The summed E-state index contributed by atoms with van der Waals surface area (Å²) in [6.45, 7) is 4.23. The number of anilines is 1. The summed E-state index contributed by atoms with van der Waals surface area (Å²) in [7, 11) is 1.67. The number of aliphatic hydroxyl groups excluding tert-OH is 1. The van der Waals surface area contributed by atoms with Crippen molar-refractivity contribution in [2.75, 3.05) is 11.9 Å². The monoisotopic (exact) mass is 270 g/mol. The van der Waals surface area contributed by atoms with Crippen molar-refractivity contribution in [3.63, 3.8) is 0 Å². The molecule has 7 nitrogen and oxygen atoms in total. The molecule has 0 spiro atoms. The van der Waals surface area contributed by atoms with E-state index in [0.717, 1.165) is 12.8 Å². The van der Waals surface area contributed by atoms with Crippen LogP contribution in [0.1, 0.15) is 38.8 Å². The first kappa shape index (κ1) is 15.4. The minimum atomic E-state index is -0.505. The van der Waals surface area contributed by atoms with Crippen LogP contribution in [0, 0.1) is 10.1 Å². The molecule has 1 heterocycles. The number of hydrogen-bond acceptors (Lipinski definition) is 5. The second kappa shape index (κ2) is 7.08. The van der Waals surface area contributed by atoms with Gasteiger partial charge in [-0.15, -0.1) is 0 Å². The Hall–Kier alpha value is -1.63. The third-order valence-corrected chi connectivity index (χ3v) is 2.89. The van der Waals surface area contributed by atoms with E-state index in [2.05, 4.69) is 10.4 Å². The lowest BCUT2D eigenvalue weighted by atomic mass is 10.2. The van der Waals surface area contributed by atoms with Gasteiger partial charge in [0.2, 0.25) is 5.82 Å². The number of nitrogens with one attached hydrogen (secondary N) is 1. The predicted molar refractivity (Wildman–Crippen MR) is 73.3 cm³/mol. The van der Waals surface area contributed by atoms with Crippen molar-refractivity contribution in [3.05, 3.63) is 15.8 Å². The molecule has 2 N–H and O–H groups in total. The third kappa shape index (κ3) is 3.92. The fourth-order valence-corrected chi connectivity index (χ4v) is 2.01. The standard InChI is InChI=1S/C12H22N4O3/c1-4-6-9(17)8-13-12-11(16(18)19)10(7-5-2)14-15(12)3/h9,13,17H,4-8H2,1-3H3. The summed E-state index contributed by atoms with van der Waals surface area (Å²) in [6.07, 6.45) is 2.41. The molecule has 1 rings (SSSR count). The normalized spacial score (nSPS) is 12.4. The van der Waals surface area contributed by atoms with Crippen molar-refractivity contribution in [1.82, 2.24) is 9.78 Å². The Morgan fingerprint density at radius 1 is 1.47 bits per heavy atom. The van der Waals surface area contributed by atoms with Crippen LogP contribution in [0.2, 0.25) is 0 Å². The van der Waals surface area contributed by atoms with E-state index < -0.39 is 11.0 Å². The van der Waals surface area contributed by atoms with Gasteiger partial charge in [0.1, 0.15) is 5.69 Å². The van der Waals surface area contributed by atoms with Crippen LogP contribution in [0.15, 0.2) is 0 Å². The molecule has 1 unspecified atom stereocenters. The Labute approximate surface area is 112 Å². The Morgan fingerprint density at radius 3 is 2.68 bits per heavy atom. The molecule has 19 heavy (non-hydrogen) atoms. The summed E-state index contributed by atoms with van der Waals surface area (Å²) >= 11 is 0. The molecule has 1 aromatic rings. The maximum absolute atomic E-state index is 11.2. The highest BCUT2D eigenvalue weighted by Gasteiger charge is 2.26. The van der Waals surface area contributed by atoms with Gasteiger partial charge in [0, 0.05) is 13.6 Å². The van der Waals surface area contributed by atoms with Crippen molar-refractivity contribution in [1.29, 1.82) is 0 Å². The molecule has 0 aliphatic carbocycles. The Morgan fingerprint density at radius 2 is 2.16 bits per heavy atom. The van der Waals surface area contributed by atoms with Crippen LogP contribution >= 0.6 is 0 Å². The molecular formula is C12H22N4O3. The van der Waals surface area contributed by atoms with Crippen LogP contribution in [0.3, 0.4) is 0 Å². The van der Waals surface area contributed by atoms with Crippen LogP contribution < -0.4 is 5.32 Å². The van der Waals surface area contributed by atoms with Crippen LogP contribution in [-0.2, 0) is 13.5 Å². The number of nitrogens with zero attached hydrogens (tertiary/aromatic N) is 3. The molecule has 1 atom stereocenters. The van der Waals surface area contributed by atoms with Crippen molar-refractivity contribution in [2.24, 2.45) is 7.05 Å². The quantitative estimate of drug-likeness (QED) is 0.555. The highest BCUT2D eigenvalue weighted by Crippen LogP contribution is 2.28. The second-order valence-electron chi connectivity index (χ2n) is 4.60. The van der Waals surface area contributed by atoms with Crippen LogP contribution in [-0.4, -0.2) is 32.5 Å². The molecule has 0 aliphatic heterocycles. The lowest BCUT2D eigenvalue weighted by Gasteiger charge is -2.11. The SMILES string of the molecule is CCCc1nn(C)c(NCC(O)CCC)c1[N+](=O)[O-]. The number of aliphatic hydroxyl groups is 1. The van der Waals surface area contributed by atoms with E-state index in [-0.39, 0.29) is 5.69 Å². The highest BCUT2D eigenvalue weighted by atomic mass is 16.6. The first-order chi connectivity index (χ1) is 9.01.